The van der Waals surface area contributed by atoms with Gasteiger partial charge in [0.15, 0.2) is 5.13 Å². The highest BCUT2D eigenvalue weighted by molar-refractivity contribution is 7.22. The van der Waals surface area contributed by atoms with Gasteiger partial charge in [0, 0.05) is 10.7 Å². The summed E-state index contributed by atoms with van der Waals surface area (Å²) in [6, 6.07) is 10.8. The topological polar surface area (TPSA) is 68.0 Å². The maximum atomic E-state index is 12.2. The molecule has 0 fully saturated rings. The third-order valence-electron chi connectivity index (χ3n) is 3.02. The number of nitrogens with two attached hydrogens (primary N) is 1. The van der Waals surface area contributed by atoms with E-state index in [-0.39, 0.29) is 5.91 Å². The molecule has 6 heteroatoms. The molecule has 0 saturated carbocycles. The van der Waals surface area contributed by atoms with Crippen LogP contribution in [0.1, 0.15) is 15.9 Å². The summed E-state index contributed by atoms with van der Waals surface area (Å²) in [4.78, 5) is 16.6. The van der Waals surface area contributed by atoms with Crippen molar-refractivity contribution >= 4 is 49.9 Å². The van der Waals surface area contributed by atoms with Crippen molar-refractivity contribution in [3.63, 3.8) is 0 Å². The van der Waals surface area contributed by atoms with Gasteiger partial charge in [0.25, 0.3) is 5.91 Å². The molecular formula is C15H12ClN3OS. The molecule has 3 rings (SSSR count). The highest BCUT2D eigenvalue weighted by Crippen LogP contribution is 2.28. The molecule has 0 aliphatic heterocycles. The number of thiazole rings is 1. The SMILES string of the molecule is Cc1ccc(C(=O)Nc2nc3ccc(Cl)cc3s2)c(N)c1. The lowest BCUT2D eigenvalue weighted by Gasteiger charge is -2.05. The molecule has 3 aromatic rings. The van der Waals surface area contributed by atoms with Crippen LogP contribution in [0.2, 0.25) is 5.02 Å². The van der Waals surface area contributed by atoms with E-state index in [0.29, 0.717) is 21.4 Å². The van der Waals surface area contributed by atoms with Gasteiger partial charge in [-0.2, -0.15) is 0 Å². The van der Waals surface area contributed by atoms with Gasteiger partial charge in [-0.1, -0.05) is 29.0 Å². The summed E-state index contributed by atoms with van der Waals surface area (Å²) in [6.45, 7) is 1.93. The van der Waals surface area contributed by atoms with Gasteiger partial charge in [0.2, 0.25) is 0 Å². The minimum atomic E-state index is -0.266. The van der Waals surface area contributed by atoms with Crippen LogP contribution >= 0.6 is 22.9 Å². The molecule has 0 saturated heterocycles. The maximum absolute atomic E-state index is 12.2. The number of hydrogen-bond donors (Lipinski definition) is 2. The third-order valence-corrected chi connectivity index (χ3v) is 4.19. The standard InChI is InChI=1S/C15H12ClN3OS/c1-8-2-4-10(11(17)6-8)14(20)19-15-18-12-5-3-9(16)7-13(12)21-15/h2-7H,17H2,1H3,(H,18,19,20). The minimum Gasteiger partial charge on any atom is -0.398 e. The highest BCUT2D eigenvalue weighted by Gasteiger charge is 2.12. The fourth-order valence-corrected chi connectivity index (χ4v) is 3.14. The summed E-state index contributed by atoms with van der Waals surface area (Å²) in [5.74, 6) is -0.266. The Kier molecular flexibility index (Phi) is 3.53. The lowest BCUT2D eigenvalue weighted by molar-refractivity contribution is 0.102. The Morgan fingerprint density at radius 1 is 1.29 bits per heavy atom. The molecule has 0 unspecified atom stereocenters. The molecule has 0 bridgehead atoms. The van der Waals surface area contributed by atoms with E-state index in [0.717, 1.165) is 15.8 Å². The second-order valence-corrected chi connectivity index (χ2v) is 6.14. The first-order valence-corrected chi connectivity index (χ1v) is 7.46. The number of benzene rings is 2. The average molecular weight is 318 g/mol. The number of hydrogen-bond acceptors (Lipinski definition) is 4. The number of rotatable bonds is 2. The van der Waals surface area contributed by atoms with Crippen molar-refractivity contribution in [3.8, 4) is 0 Å². The van der Waals surface area contributed by atoms with Crippen molar-refractivity contribution in [2.24, 2.45) is 0 Å². The second kappa shape index (κ2) is 5.35. The molecule has 0 aliphatic rings. The van der Waals surface area contributed by atoms with E-state index in [1.165, 1.54) is 11.3 Å². The second-order valence-electron chi connectivity index (χ2n) is 4.68. The predicted octanol–water partition coefficient (Wildman–Crippen LogP) is 4.09. The van der Waals surface area contributed by atoms with Crippen LogP contribution < -0.4 is 11.1 Å². The summed E-state index contributed by atoms with van der Waals surface area (Å²) in [6.07, 6.45) is 0. The summed E-state index contributed by atoms with van der Waals surface area (Å²) < 4.78 is 0.926. The van der Waals surface area contributed by atoms with Gasteiger partial charge in [0.05, 0.1) is 15.8 Å². The van der Waals surface area contributed by atoms with Crippen LogP contribution in [0.15, 0.2) is 36.4 Å². The summed E-state index contributed by atoms with van der Waals surface area (Å²) in [5, 5.41) is 3.94. The van der Waals surface area contributed by atoms with Crippen molar-refractivity contribution in [3.05, 3.63) is 52.5 Å². The zero-order valence-electron chi connectivity index (χ0n) is 11.2. The lowest BCUT2D eigenvalue weighted by atomic mass is 10.1. The van der Waals surface area contributed by atoms with Crippen LogP contribution in [0.4, 0.5) is 10.8 Å². The van der Waals surface area contributed by atoms with Crippen LogP contribution in [-0.2, 0) is 0 Å². The van der Waals surface area contributed by atoms with Crippen LogP contribution in [0.5, 0.6) is 0 Å². The largest absolute Gasteiger partial charge is 0.398 e. The zero-order valence-corrected chi connectivity index (χ0v) is 12.8. The van der Waals surface area contributed by atoms with Crippen molar-refractivity contribution in [2.75, 3.05) is 11.1 Å². The first-order valence-electron chi connectivity index (χ1n) is 6.26. The molecule has 106 valence electrons. The van der Waals surface area contributed by atoms with Gasteiger partial charge < -0.3 is 5.73 Å². The average Bonchev–Trinajstić information content (AvgIpc) is 2.79. The number of anilines is 2. The molecule has 3 N–H and O–H groups in total. The predicted molar refractivity (Wildman–Crippen MR) is 88.2 cm³/mol. The van der Waals surface area contributed by atoms with Gasteiger partial charge in [-0.15, -0.1) is 0 Å². The first-order chi connectivity index (χ1) is 10.0. The first kappa shape index (κ1) is 13.9. The third kappa shape index (κ3) is 2.84. The molecule has 1 aromatic heterocycles. The molecule has 0 aliphatic carbocycles. The molecule has 1 heterocycles. The number of carbonyl (C=O) groups excluding carboxylic acids is 1. The van der Waals surface area contributed by atoms with Crippen molar-refractivity contribution < 1.29 is 4.79 Å². The number of halogens is 1. The summed E-state index contributed by atoms with van der Waals surface area (Å²) in [7, 11) is 0. The molecule has 0 spiro atoms. The van der Waals surface area contributed by atoms with Crippen LogP contribution in [-0.4, -0.2) is 10.9 Å². The van der Waals surface area contributed by atoms with Gasteiger partial charge in [-0.05, 0) is 42.8 Å². The van der Waals surface area contributed by atoms with Crippen molar-refractivity contribution in [1.82, 2.24) is 4.98 Å². The normalized spacial score (nSPS) is 10.8. The Bertz CT molecular complexity index is 844. The number of carbonyl (C=O) groups is 1. The Balaban J connectivity index is 1.89. The van der Waals surface area contributed by atoms with E-state index >= 15 is 0 Å². The number of aromatic nitrogens is 1. The number of fused-ring (bicyclic) bond motifs is 1. The minimum absolute atomic E-state index is 0.266. The number of aryl methyl sites for hydroxylation is 1. The summed E-state index contributed by atoms with van der Waals surface area (Å²) in [5.41, 5.74) is 8.59. The number of nitrogen functional groups attached to an aromatic ring is 1. The number of amides is 1. The van der Waals surface area contributed by atoms with E-state index in [2.05, 4.69) is 10.3 Å². The van der Waals surface area contributed by atoms with E-state index in [4.69, 9.17) is 17.3 Å². The summed E-state index contributed by atoms with van der Waals surface area (Å²) >= 11 is 7.32. The maximum Gasteiger partial charge on any atom is 0.259 e. The quantitative estimate of drug-likeness (QED) is 0.699. The van der Waals surface area contributed by atoms with Crippen LogP contribution in [0.25, 0.3) is 10.2 Å². The lowest BCUT2D eigenvalue weighted by Crippen LogP contribution is -2.13. The van der Waals surface area contributed by atoms with Gasteiger partial charge in [-0.25, -0.2) is 4.98 Å². The van der Waals surface area contributed by atoms with Crippen LogP contribution in [0.3, 0.4) is 0 Å². The van der Waals surface area contributed by atoms with E-state index in [1.807, 2.05) is 25.1 Å². The molecule has 4 nitrogen and oxygen atoms in total. The monoisotopic (exact) mass is 317 g/mol. The fourth-order valence-electron chi connectivity index (χ4n) is 2.01. The van der Waals surface area contributed by atoms with Gasteiger partial charge in [-0.3, -0.25) is 10.1 Å². The Hall–Kier alpha value is -2.11. The van der Waals surface area contributed by atoms with Crippen molar-refractivity contribution in [2.45, 2.75) is 6.92 Å². The molecule has 0 radical (unpaired) electrons. The van der Waals surface area contributed by atoms with E-state index in [1.54, 1.807) is 18.2 Å². The van der Waals surface area contributed by atoms with Crippen molar-refractivity contribution in [1.29, 1.82) is 0 Å². The molecule has 2 aromatic carbocycles. The Labute approximate surface area is 130 Å². The molecule has 0 atom stereocenters. The zero-order chi connectivity index (χ0) is 15.0. The Morgan fingerprint density at radius 3 is 2.86 bits per heavy atom. The van der Waals surface area contributed by atoms with E-state index < -0.39 is 0 Å². The highest BCUT2D eigenvalue weighted by atomic mass is 35.5. The molecular weight excluding hydrogens is 306 g/mol. The van der Waals surface area contributed by atoms with Crippen LogP contribution in [0, 0.1) is 6.92 Å². The Morgan fingerprint density at radius 2 is 2.10 bits per heavy atom. The van der Waals surface area contributed by atoms with Gasteiger partial charge >= 0.3 is 0 Å². The fraction of sp³-hybridized carbons (Fsp3) is 0.0667. The molecule has 1 amide bonds. The number of nitrogens with zero attached hydrogens (tertiary/aromatic N) is 1. The van der Waals surface area contributed by atoms with Gasteiger partial charge in [0.1, 0.15) is 0 Å². The van der Waals surface area contributed by atoms with E-state index in [9.17, 15) is 4.79 Å². The smallest absolute Gasteiger partial charge is 0.259 e. The molecule has 21 heavy (non-hydrogen) atoms. The number of nitrogens with one attached hydrogen (secondary N) is 1.